The molecule has 172 valence electrons. The highest BCUT2D eigenvalue weighted by Crippen LogP contribution is 2.29. The molecule has 1 aliphatic heterocycles. The van der Waals surface area contributed by atoms with Crippen LogP contribution in [0, 0.1) is 0 Å². The van der Waals surface area contributed by atoms with Crippen LogP contribution < -0.4 is 10.6 Å². The summed E-state index contributed by atoms with van der Waals surface area (Å²) in [6.07, 6.45) is 1.59. The van der Waals surface area contributed by atoms with Crippen molar-refractivity contribution in [2.45, 2.75) is 26.7 Å². The van der Waals surface area contributed by atoms with E-state index in [2.05, 4.69) is 27.4 Å². The maximum atomic E-state index is 12.7. The number of carbonyl (C=O) groups excluding carboxylic acids is 2. The lowest BCUT2D eigenvalue weighted by Crippen LogP contribution is -2.50. The minimum atomic E-state index is -0.0931. The maximum Gasteiger partial charge on any atom is 0.238 e. The van der Waals surface area contributed by atoms with E-state index in [9.17, 15) is 9.59 Å². The van der Waals surface area contributed by atoms with E-state index in [1.807, 2.05) is 31.2 Å². The molecule has 1 fully saturated rings. The van der Waals surface area contributed by atoms with Gasteiger partial charge in [-0.3, -0.25) is 19.4 Å². The Bertz CT molecular complexity index is 959. The van der Waals surface area contributed by atoms with E-state index in [0.29, 0.717) is 28.8 Å². The standard InChI is InChI=1S/C24H30Cl2N4O2/c1-3-17-9-10-19(25)18(4-2)24(17)28-23(32)16-30-13-11-29(12-14-30)15-22(31)27-21-8-6-5-7-20(21)26/h5-10H,3-4,11-16H2,1-2H3,(H,27,31)(H,28,32). The average molecular weight is 477 g/mol. The molecule has 1 saturated heterocycles. The van der Waals surface area contributed by atoms with Crippen LogP contribution in [0.25, 0.3) is 0 Å². The van der Waals surface area contributed by atoms with Crippen LogP contribution in [-0.4, -0.2) is 60.9 Å². The highest BCUT2D eigenvalue weighted by atomic mass is 35.5. The number of anilines is 2. The van der Waals surface area contributed by atoms with Crippen molar-refractivity contribution in [3.8, 4) is 0 Å². The van der Waals surface area contributed by atoms with E-state index >= 15 is 0 Å². The molecular formula is C24H30Cl2N4O2. The predicted molar refractivity (Wildman–Crippen MR) is 132 cm³/mol. The van der Waals surface area contributed by atoms with E-state index < -0.39 is 0 Å². The molecule has 0 saturated carbocycles. The van der Waals surface area contributed by atoms with Gasteiger partial charge in [0.25, 0.3) is 0 Å². The van der Waals surface area contributed by atoms with Gasteiger partial charge in [-0.1, -0.05) is 55.2 Å². The zero-order chi connectivity index (χ0) is 23.1. The van der Waals surface area contributed by atoms with Crippen LogP contribution >= 0.6 is 23.2 Å². The Labute approximate surface area is 199 Å². The van der Waals surface area contributed by atoms with Gasteiger partial charge in [-0.25, -0.2) is 0 Å². The molecular weight excluding hydrogens is 447 g/mol. The lowest BCUT2D eigenvalue weighted by molar-refractivity contribution is -0.120. The summed E-state index contributed by atoms with van der Waals surface area (Å²) in [7, 11) is 0. The summed E-state index contributed by atoms with van der Waals surface area (Å²) < 4.78 is 0. The second kappa shape index (κ2) is 11.7. The third-order valence-corrected chi connectivity index (χ3v) is 6.37. The number of rotatable bonds is 8. The number of hydrogen-bond acceptors (Lipinski definition) is 4. The molecule has 1 heterocycles. The van der Waals surface area contributed by atoms with E-state index in [-0.39, 0.29) is 11.8 Å². The molecule has 2 N–H and O–H groups in total. The monoisotopic (exact) mass is 476 g/mol. The van der Waals surface area contributed by atoms with Crippen molar-refractivity contribution in [3.05, 3.63) is 57.6 Å². The molecule has 3 rings (SSSR count). The Morgan fingerprint density at radius 3 is 1.97 bits per heavy atom. The van der Waals surface area contributed by atoms with E-state index in [1.54, 1.807) is 12.1 Å². The number of amides is 2. The third-order valence-electron chi connectivity index (χ3n) is 5.69. The van der Waals surface area contributed by atoms with Gasteiger partial charge in [0.1, 0.15) is 0 Å². The van der Waals surface area contributed by atoms with Crippen LogP contribution in [0.3, 0.4) is 0 Å². The number of nitrogens with one attached hydrogen (secondary N) is 2. The van der Waals surface area contributed by atoms with Crippen molar-refractivity contribution in [3.63, 3.8) is 0 Å². The Morgan fingerprint density at radius 2 is 1.41 bits per heavy atom. The molecule has 0 aromatic heterocycles. The van der Waals surface area contributed by atoms with Crippen molar-refractivity contribution in [2.24, 2.45) is 0 Å². The van der Waals surface area contributed by atoms with Crippen molar-refractivity contribution in [1.82, 2.24) is 9.80 Å². The van der Waals surface area contributed by atoms with Gasteiger partial charge in [-0.05, 0) is 42.2 Å². The van der Waals surface area contributed by atoms with Gasteiger partial charge in [0.05, 0.1) is 23.8 Å². The Kier molecular flexibility index (Phi) is 8.93. The van der Waals surface area contributed by atoms with Gasteiger partial charge >= 0.3 is 0 Å². The van der Waals surface area contributed by atoms with Crippen LogP contribution in [0.4, 0.5) is 11.4 Å². The molecule has 32 heavy (non-hydrogen) atoms. The first-order valence-electron chi connectivity index (χ1n) is 11.0. The number of piperazine rings is 1. The van der Waals surface area contributed by atoms with Gasteiger partial charge in [-0.15, -0.1) is 0 Å². The van der Waals surface area contributed by atoms with Gasteiger partial charge in [0.2, 0.25) is 11.8 Å². The molecule has 0 radical (unpaired) electrons. The number of aryl methyl sites for hydroxylation is 1. The van der Waals surface area contributed by atoms with E-state index in [4.69, 9.17) is 23.2 Å². The summed E-state index contributed by atoms with van der Waals surface area (Å²) in [5.74, 6) is -0.133. The normalized spacial score (nSPS) is 14.9. The van der Waals surface area contributed by atoms with Gasteiger partial charge in [-0.2, -0.15) is 0 Å². The largest absolute Gasteiger partial charge is 0.324 e. The van der Waals surface area contributed by atoms with Crippen LogP contribution in [-0.2, 0) is 22.4 Å². The Morgan fingerprint density at radius 1 is 0.812 bits per heavy atom. The predicted octanol–water partition coefficient (Wildman–Crippen LogP) is 4.31. The lowest BCUT2D eigenvalue weighted by Gasteiger charge is -2.34. The molecule has 2 aromatic carbocycles. The summed E-state index contributed by atoms with van der Waals surface area (Å²) >= 11 is 12.4. The van der Waals surface area contributed by atoms with Gasteiger partial charge in [0, 0.05) is 36.9 Å². The zero-order valence-corrected chi connectivity index (χ0v) is 20.1. The molecule has 0 unspecified atom stereocenters. The van der Waals surface area contributed by atoms with Gasteiger partial charge in [0.15, 0.2) is 0 Å². The van der Waals surface area contributed by atoms with Crippen LogP contribution in [0.2, 0.25) is 10.0 Å². The molecule has 2 aromatic rings. The number of carbonyl (C=O) groups is 2. The Balaban J connectivity index is 1.48. The summed E-state index contributed by atoms with van der Waals surface area (Å²) in [5.41, 5.74) is 3.54. The lowest BCUT2D eigenvalue weighted by atomic mass is 10.0. The molecule has 2 amide bonds. The van der Waals surface area contributed by atoms with Crippen LogP contribution in [0.15, 0.2) is 36.4 Å². The summed E-state index contributed by atoms with van der Waals surface area (Å²) in [5, 5.41) is 7.15. The van der Waals surface area contributed by atoms with Crippen molar-refractivity contribution < 1.29 is 9.59 Å². The minimum Gasteiger partial charge on any atom is -0.324 e. The maximum absolute atomic E-state index is 12.7. The van der Waals surface area contributed by atoms with E-state index in [0.717, 1.165) is 55.8 Å². The molecule has 1 aliphatic rings. The topological polar surface area (TPSA) is 64.7 Å². The molecule has 0 atom stereocenters. The van der Waals surface area contributed by atoms with Crippen molar-refractivity contribution in [1.29, 1.82) is 0 Å². The summed E-state index contributed by atoms with van der Waals surface area (Å²) in [6, 6.07) is 11.1. The highest BCUT2D eigenvalue weighted by molar-refractivity contribution is 6.33. The Hall–Kier alpha value is -2.12. The molecule has 0 bridgehead atoms. The highest BCUT2D eigenvalue weighted by Gasteiger charge is 2.22. The number of nitrogens with zero attached hydrogens (tertiary/aromatic N) is 2. The fourth-order valence-corrected chi connectivity index (χ4v) is 4.38. The van der Waals surface area contributed by atoms with Crippen LogP contribution in [0.5, 0.6) is 0 Å². The SMILES string of the molecule is CCc1ccc(Cl)c(CC)c1NC(=O)CN1CCN(CC(=O)Nc2ccccc2Cl)CC1. The number of hydrogen-bond donors (Lipinski definition) is 2. The summed E-state index contributed by atoms with van der Waals surface area (Å²) in [6.45, 7) is 7.62. The molecule has 0 spiro atoms. The molecule has 8 heteroatoms. The summed E-state index contributed by atoms with van der Waals surface area (Å²) in [4.78, 5) is 29.3. The fraction of sp³-hybridized carbons (Fsp3) is 0.417. The second-order valence-corrected chi connectivity index (χ2v) is 8.71. The zero-order valence-electron chi connectivity index (χ0n) is 18.6. The van der Waals surface area contributed by atoms with Crippen molar-refractivity contribution >= 4 is 46.4 Å². The van der Waals surface area contributed by atoms with Gasteiger partial charge < -0.3 is 10.6 Å². The number of para-hydroxylation sites is 1. The molecule has 0 aliphatic carbocycles. The molecule has 6 nitrogen and oxygen atoms in total. The first-order chi connectivity index (χ1) is 15.4. The fourth-order valence-electron chi connectivity index (χ4n) is 3.91. The third kappa shape index (κ3) is 6.45. The van der Waals surface area contributed by atoms with Crippen LogP contribution in [0.1, 0.15) is 25.0 Å². The van der Waals surface area contributed by atoms with Crippen molar-refractivity contribution in [2.75, 3.05) is 49.9 Å². The minimum absolute atomic E-state index is 0.0402. The number of benzene rings is 2. The first kappa shape index (κ1) is 24.5. The average Bonchev–Trinajstić information content (AvgIpc) is 2.77. The number of halogens is 2. The second-order valence-electron chi connectivity index (χ2n) is 7.90. The van der Waals surface area contributed by atoms with E-state index in [1.165, 1.54) is 0 Å². The first-order valence-corrected chi connectivity index (χ1v) is 11.8. The quantitative estimate of drug-likeness (QED) is 0.595. The smallest absolute Gasteiger partial charge is 0.238 e.